The van der Waals surface area contributed by atoms with Crippen LogP contribution in [0.2, 0.25) is 5.02 Å². The number of carbonyl (C=O) groups is 2. The van der Waals surface area contributed by atoms with E-state index < -0.39 is 22.9 Å². The van der Waals surface area contributed by atoms with Crippen molar-refractivity contribution in [1.29, 1.82) is 0 Å². The van der Waals surface area contributed by atoms with Crippen LogP contribution in [0.4, 0.5) is 0 Å². The lowest BCUT2D eigenvalue weighted by Gasteiger charge is -2.26. The first-order valence-corrected chi connectivity index (χ1v) is 9.51. The summed E-state index contributed by atoms with van der Waals surface area (Å²) in [4.78, 5) is 33.7. The quantitative estimate of drug-likeness (QED) is 0.360. The topological polar surface area (TPSA) is 99.4 Å². The number of carbonyl (C=O) groups excluding carboxylic acids is 2. The maximum atomic E-state index is 12.7. The van der Waals surface area contributed by atoms with Crippen molar-refractivity contribution in [3.63, 3.8) is 0 Å². The molecule has 1 aromatic carbocycles. The number of halogens is 1. The SMILES string of the molecule is CON=NC(=O)C(C)(COc1ccc(Cl)c(C(=O)OC(C)(C)C)n1)c1ccccc1. The molecule has 0 saturated heterocycles. The van der Waals surface area contributed by atoms with Crippen molar-refractivity contribution < 1.29 is 23.9 Å². The van der Waals surface area contributed by atoms with Gasteiger partial charge in [-0.2, -0.15) is 0 Å². The monoisotopic (exact) mass is 433 g/mol. The first-order valence-electron chi connectivity index (χ1n) is 9.13. The van der Waals surface area contributed by atoms with Gasteiger partial charge in [-0.3, -0.25) is 4.79 Å². The van der Waals surface area contributed by atoms with Gasteiger partial charge in [-0.15, -0.1) is 0 Å². The number of esters is 1. The summed E-state index contributed by atoms with van der Waals surface area (Å²) in [5.41, 5.74) is -1.28. The van der Waals surface area contributed by atoms with Crippen LogP contribution >= 0.6 is 11.6 Å². The zero-order valence-electron chi connectivity index (χ0n) is 17.5. The van der Waals surface area contributed by atoms with Gasteiger partial charge in [0.15, 0.2) is 5.69 Å². The van der Waals surface area contributed by atoms with Crippen LogP contribution in [0.25, 0.3) is 0 Å². The summed E-state index contributed by atoms with van der Waals surface area (Å²) >= 11 is 6.10. The van der Waals surface area contributed by atoms with Gasteiger partial charge in [0.25, 0.3) is 5.91 Å². The van der Waals surface area contributed by atoms with Gasteiger partial charge in [0, 0.05) is 11.3 Å². The maximum Gasteiger partial charge on any atom is 0.359 e. The van der Waals surface area contributed by atoms with E-state index in [1.165, 1.54) is 19.2 Å². The van der Waals surface area contributed by atoms with Crippen LogP contribution < -0.4 is 4.74 Å². The Kier molecular flexibility index (Phi) is 7.50. The molecule has 1 aromatic heterocycles. The predicted octanol–water partition coefficient (Wildman–Crippen LogP) is 4.57. The Labute approximate surface area is 180 Å². The number of hydrogen-bond donors (Lipinski definition) is 0. The fourth-order valence-electron chi connectivity index (χ4n) is 2.46. The third kappa shape index (κ3) is 6.00. The van der Waals surface area contributed by atoms with E-state index in [-0.39, 0.29) is 23.2 Å². The van der Waals surface area contributed by atoms with Gasteiger partial charge < -0.3 is 14.3 Å². The van der Waals surface area contributed by atoms with E-state index >= 15 is 0 Å². The third-order valence-electron chi connectivity index (χ3n) is 4.02. The molecule has 0 bridgehead atoms. The number of pyridine rings is 1. The lowest BCUT2D eigenvalue weighted by molar-refractivity contribution is -0.125. The number of ether oxygens (including phenoxy) is 2. The average Bonchev–Trinajstić information content (AvgIpc) is 2.70. The van der Waals surface area contributed by atoms with Crippen molar-refractivity contribution >= 4 is 23.5 Å². The molecule has 9 heteroatoms. The minimum Gasteiger partial charge on any atom is -0.476 e. The molecule has 2 rings (SSSR count). The highest BCUT2D eigenvalue weighted by atomic mass is 35.5. The van der Waals surface area contributed by atoms with Crippen molar-refractivity contribution in [3.8, 4) is 5.88 Å². The number of rotatable bonds is 7. The maximum absolute atomic E-state index is 12.7. The van der Waals surface area contributed by atoms with Gasteiger partial charge in [-0.05, 0) is 39.3 Å². The lowest BCUT2D eigenvalue weighted by Crippen LogP contribution is -2.38. The molecule has 0 aliphatic heterocycles. The van der Waals surface area contributed by atoms with E-state index in [1.54, 1.807) is 52.0 Å². The Morgan fingerprint density at radius 2 is 1.73 bits per heavy atom. The number of amides is 1. The van der Waals surface area contributed by atoms with Crippen LogP contribution in [0.1, 0.15) is 43.7 Å². The molecule has 2 aromatic rings. The van der Waals surface area contributed by atoms with Crippen LogP contribution in [-0.4, -0.2) is 36.2 Å². The normalized spacial score (nSPS) is 13.5. The second kappa shape index (κ2) is 9.67. The molecule has 8 nitrogen and oxygen atoms in total. The van der Waals surface area contributed by atoms with Crippen LogP contribution in [0.15, 0.2) is 52.9 Å². The Balaban J connectivity index is 2.29. The van der Waals surface area contributed by atoms with E-state index in [9.17, 15) is 9.59 Å². The highest BCUT2D eigenvalue weighted by Gasteiger charge is 2.37. The molecule has 0 fully saturated rings. The zero-order valence-corrected chi connectivity index (χ0v) is 18.3. The minimum absolute atomic E-state index is 0.0732. The molecule has 160 valence electrons. The highest BCUT2D eigenvalue weighted by Crippen LogP contribution is 2.28. The molecule has 0 N–H and O–H groups in total. The minimum atomic E-state index is -1.17. The summed E-state index contributed by atoms with van der Waals surface area (Å²) in [6, 6.07) is 12.0. The molecular formula is C21H24ClN3O5. The molecular weight excluding hydrogens is 410 g/mol. The Morgan fingerprint density at radius 1 is 1.07 bits per heavy atom. The summed E-state index contributed by atoms with van der Waals surface area (Å²) in [6.07, 6.45) is 0. The summed E-state index contributed by atoms with van der Waals surface area (Å²) in [5.74, 6) is -1.12. The second-order valence-electron chi connectivity index (χ2n) is 7.64. The van der Waals surface area contributed by atoms with Gasteiger partial charge in [-0.25, -0.2) is 9.78 Å². The Morgan fingerprint density at radius 3 is 2.33 bits per heavy atom. The van der Waals surface area contributed by atoms with Crippen molar-refractivity contribution in [2.24, 2.45) is 10.4 Å². The third-order valence-corrected chi connectivity index (χ3v) is 4.32. The van der Waals surface area contributed by atoms with Gasteiger partial charge in [0.1, 0.15) is 24.7 Å². The van der Waals surface area contributed by atoms with E-state index in [4.69, 9.17) is 21.1 Å². The molecule has 1 amide bonds. The first kappa shape index (κ1) is 23.3. The first-order chi connectivity index (χ1) is 14.1. The standard InChI is InChI=1S/C21H24ClN3O5/c1-20(2,3)30-18(26)17-15(22)11-12-16(23-17)29-13-21(4,19(27)24-25-28-5)14-9-7-6-8-10-14/h6-12H,13H2,1-5H3. The summed E-state index contributed by atoms with van der Waals surface area (Å²) < 4.78 is 11.1. The van der Waals surface area contributed by atoms with E-state index in [0.717, 1.165) is 0 Å². The smallest absolute Gasteiger partial charge is 0.359 e. The Bertz CT molecular complexity index is 928. The Hall–Kier alpha value is -3.00. The average molecular weight is 434 g/mol. The van der Waals surface area contributed by atoms with Crippen molar-refractivity contribution in [3.05, 3.63) is 58.7 Å². The van der Waals surface area contributed by atoms with E-state index in [2.05, 4.69) is 20.2 Å². The molecule has 0 spiro atoms. The summed E-state index contributed by atoms with van der Waals surface area (Å²) in [7, 11) is 1.29. The van der Waals surface area contributed by atoms with Crippen LogP contribution in [0.3, 0.4) is 0 Å². The van der Waals surface area contributed by atoms with Gasteiger partial charge in [0.05, 0.1) is 5.02 Å². The summed E-state index contributed by atoms with van der Waals surface area (Å²) in [6.45, 7) is 6.78. The molecule has 0 aliphatic carbocycles. The van der Waals surface area contributed by atoms with E-state index in [0.29, 0.717) is 5.56 Å². The van der Waals surface area contributed by atoms with Crippen LogP contribution in [0.5, 0.6) is 5.88 Å². The fraction of sp³-hybridized carbons (Fsp3) is 0.381. The van der Waals surface area contributed by atoms with Gasteiger partial charge in [0.2, 0.25) is 5.88 Å². The molecule has 1 unspecified atom stereocenters. The fourth-order valence-corrected chi connectivity index (χ4v) is 2.64. The highest BCUT2D eigenvalue weighted by molar-refractivity contribution is 6.33. The molecule has 1 atom stereocenters. The zero-order chi connectivity index (χ0) is 22.4. The summed E-state index contributed by atoms with van der Waals surface area (Å²) in [5, 5.41) is 7.03. The molecule has 0 saturated carbocycles. The van der Waals surface area contributed by atoms with Crippen LogP contribution in [-0.2, 0) is 19.8 Å². The number of aromatic nitrogens is 1. The van der Waals surface area contributed by atoms with Crippen LogP contribution in [0, 0.1) is 0 Å². The lowest BCUT2D eigenvalue weighted by atomic mass is 9.82. The molecule has 30 heavy (non-hydrogen) atoms. The number of benzene rings is 1. The second-order valence-corrected chi connectivity index (χ2v) is 8.05. The predicted molar refractivity (Wildman–Crippen MR) is 111 cm³/mol. The van der Waals surface area contributed by atoms with E-state index in [1.807, 2.05) is 6.07 Å². The van der Waals surface area contributed by atoms with Crippen molar-refractivity contribution in [2.45, 2.75) is 38.7 Å². The van der Waals surface area contributed by atoms with Crippen molar-refractivity contribution in [2.75, 3.05) is 13.7 Å². The number of hydrogen-bond acceptors (Lipinski definition) is 7. The molecule has 0 aliphatic rings. The number of nitrogens with zero attached hydrogens (tertiary/aromatic N) is 3. The largest absolute Gasteiger partial charge is 0.476 e. The molecule has 1 heterocycles. The van der Waals surface area contributed by atoms with Crippen molar-refractivity contribution in [1.82, 2.24) is 4.98 Å². The van der Waals surface area contributed by atoms with Gasteiger partial charge >= 0.3 is 5.97 Å². The molecule has 0 radical (unpaired) electrons. The van der Waals surface area contributed by atoms with Gasteiger partial charge in [-0.1, -0.05) is 47.0 Å².